The molecule has 0 aromatic heterocycles. The molecule has 1 aliphatic carbocycles. The Bertz CT molecular complexity index is 407. The molecule has 0 unspecified atom stereocenters. The Morgan fingerprint density at radius 1 is 1.22 bits per heavy atom. The van der Waals surface area contributed by atoms with Gasteiger partial charge in [-0.3, -0.25) is 0 Å². The third kappa shape index (κ3) is 2.61. The number of para-hydroxylation sites is 1. The van der Waals surface area contributed by atoms with Crippen molar-refractivity contribution in [2.45, 2.75) is 25.4 Å². The monoisotopic (exact) mass is 259 g/mol. The van der Waals surface area contributed by atoms with Crippen LogP contribution in [0.4, 0.5) is 18.9 Å². The summed E-state index contributed by atoms with van der Waals surface area (Å²) in [7, 11) is 0. The first-order valence-electron chi connectivity index (χ1n) is 5.98. The van der Waals surface area contributed by atoms with Gasteiger partial charge in [-0.15, -0.1) is 0 Å². The van der Waals surface area contributed by atoms with Gasteiger partial charge in [0.1, 0.15) is 0 Å². The van der Waals surface area contributed by atoms with Crippen LogP contribution in [0.5, 0.6) is 0 Å². The first-order valence-corrected chi connectivity index (χ1v) is 5.98. The fourth-order valence-electron chi connectivity index (χ4n) is 2.23. The Balaban J connectivity index is 2.10. The molecular formula is C13H16F3NO. The highest BCUT2D eigenvalue weighted by atomic mass is 19.4. The van der Waals surface area contributed by atoms with Crippen LogP contribution in [0.15, 0.2) is 24.3 Å². The number of hydrogen-bond acceptors (Lipinski definition) is 2. The predicted molar refractivity (Wildman–Crippen MR) is 63.3 cm³/mol. The molecule has 0 amide bonds. The molecule has 0 atom stereocenters. The molecule has 0 spiro atoms. The Morgan fingerprint density at radius 3 is 2.39 bits per heavy atom. The van der Waals surface area contributed by atoms with Gasteiger partial charge in [-0.05, 0) is 25.0 Å². The van der Waals surface area contributed by atoms with Crippen LogP contribution in [-0.4, -0.2) is 18.3 Å². The summed E-state index contributed by atoms with van der Waals surface area (Å²) in [6, 6.07) is 5.43. The van der Waals surface area contributed by atoms with Gasteiger partial charge >= 0.3 is 6.18 Å². The van der Waals surface area contributed by atoms with Crippen molar-refractivity contribution in [1.82, 2.24) is 0 Å². The van der Waals surface area contributed by atoms with Crippen molar-refractivity contribution >= 4 is 5.69 Å². The predicted octanol–water partition coefficient (Wildman–Crippen LogP) is 3.28. The molecule has 100 valence electrons. The van der Waals surface area contributed by atoms with Gasteiger partial charge in [-0.1, -0.05) is 18.6 Å². The number of nitrogens with one attached hydrogen (secondary N) is 1. The molecule has 2 N–H and O–H groups in total. The number of halogens is 3. The quantitative estimate of drug-likeness (QED) is 0.869. The molecule has 2 nitrogen and oxygen atoms in total. The number of aliphatic hydroxyl groups is 1. The lowest BCUT2D eigenvalue weighted by molar-refractivity contribution is -0.137. The van der Waals surface area contributed by atoms with Crippen LogP contribution in [0.1, 0.15) is 24.8 Å². The topological polar surface area (TPSA) is 32.3 Å². The van der Waals surface area contributed by atoms with Gasteiger partial charge in [0.25, 0.3) is 0 Å². The average Bonchev–Trinajstić information content (AvgIpc) is 2.27. The SMILES string of the molecule is OCC1(CNc2ccccc2C(F)(F)F)CCC1. The molecule has 1 aromatic carbocycles. The molecule has 2 rings (SSSR count). The molecule has 0 aliphatic heterocycles. The van der Waals surface area contributed by atoms with Crippen LogP contribution < -0.4 is 5.32 Å². The second-order valence-electron chi connectivity index (χ2n) is 4.91. The lowest BCUT2D eigenvalue weighted by Gasteiger charge is -2.40. The van der Waals surface area contributed by atoms with Gasteiger partial charge in [0.15, 0.2) is 0 Å². The van der Waals surface area contributed by atoms with Crippen molar-refractivity contribution in [2.24, 2.45) is 5.41 Å². The van der Waals surface area contributed by atoms with Crippen molar-refractivity contribution in [3.8, 4) is 0 Å². The third-order valence-corrected chi connectivity index (χ3v) is 3.64. The number of rotatable bonds is 4. The van der Waals surface area contributed by atoms with E-state index in [1.807, 2.05) is 0 Å². The minimum absolute atomic E-state index is 0.0220. The van der Waals surface area contributed by atoms with Crippen LogP contribution in [0.3, 0.4) is 0 Å². The van der Waals surface area contributed by atoms with Crippen LogP contribution in [0.25, 0.3) is 0 Å². The molecule has 1 saturated carbocycles. The Morgan fingerprint density at radius 2 is 1.89 bits per heavy atom. The lowest BCUT2D eigenvalue weighted by Crippen LogP contribution is -2.40. The fraction of sp³-hybridized carbons (Fsp3) is 0.538. The summed E-state index contributed by atoms with van der Waals surface area (Å²) in [6.45, 7) is 0.408. The number of hydrogen-bond donors (Lipinski definition) is 2. The summed E-state index contributed by atoms with van der Waals surface area (Å²) < 4.78 is 38.3. The molecule has 18 heavy (non-hydrogen) atoms. The van der Waals surface area contributed by atoms with Crippen LogP contribution in [0.2, 0.25) is 0 Å². The minimum Gasteiger partial charge on any atom is -0.396 e. The fourth-order valence-corrected chi connectivity index (χ4v) is 2.23. The highest BCUT2D eigenvalue weighted by Gasteiger charge is 2.37. The maximum Gasteiger partial charge on any atom is 0.418 e. The van der Waals surface area contributed by atoms with E-state index in [-0.39, 0.29) is 17.7 Å². The number of anilines is 1. The van der Waals surface area contributed by atoms with Gasteiger partial charge in [-0.2, -0.15) is 13.2 Å². The summed E-state index contributed by atoms with van der Waals surface area (Å²) in [5.74, 6) is 0. The Kier molecular flexibility index (Phi) is 3.52. The summed E-state index contributed by atoms with van der Waals surface area (Å²) >= 11 is 0. The van der Waals surface area contributed by atoms with Crippen molar-refractivity contribution in [1.29, 1.82) is 0 Å². The largest absolute Gasteiger partial charge is 0.418 e. The zero-order valence-corrected chi connectivity index (χ0v) is 9.93. The maximum atomic E-state index is 12.8. The van der Waals surface area contributed by atoms with E-state index in [1.165, 1.54) is 12.1 Å². The summed E-state index contributed by atoms with van der Waals surface area (Å²) in [4.78, 5) is 0. The average molecular weight is 259 g/mol. The summed E-state index contributed by atoms with van der Waals surface area (Å²) in [5.41, 5.74) is -0.805. The van der Waals surface area contributed by atoms with Crippen molar-refractivity contribution in [3.05, 3.63) is 29.8 Å². The molecule has 1 aliphatic rings. The van der Waals surface area contributed by atoms with Gasteiger partial charge in [0, 0.05) is 17.6 Å². The van der Waals surface area contributed by atoms with E-state index >= 15 is 0 Å². The van der Waals surface area contributed by atoms with Gasteiger partial charge in [-0.25, -0.2) is 0 Å². The molecule has 0 radical (unpaired) electrons. The second kappa shape index (κ2) is 4.80. The van der Waals surface area contributed by atoms with Crippen molar-refractivity contribution in [2.75, 3.05) is 18.5 Å². The molecule has 1 fully saturated rings. The zero-order chi connectivity index (χ0) is 13.2. The van der Waals surface area contributed by atoms with Crippen LogP contribution >= 0.6 is 0 Å². The number of aliphatic hydroxyl groups excluding tert-OH is 1. The molecular weight excluding hydrogens is 243 g/mol. The van der Waals surface area contributed by atoms with Gasteiger partial charge < -0.3 is 10.4 Å². The summed E-state index contributed by atoms with van der Waals surface area (Å²) in [5, 5.41) is 12.1. The third-order valence-electron chi connectivity index (χ3n) is 3.64. The second-order valence-corrected chi connectivity index (χ2v) is 4.91. The smallest absolute Gasteiger partial charge is 0.396 e. The van der Waals surface area contributed by atoms with E-state index in [9.17, 15) is 18.3 Å². The lowest BCUT2D eigenvalue weighted by atomic mass is 9.69. The maximum absolute atomic E-state index is 12.8. The number of benzene rings is 1. The molecule has 1 aromatic rings. The molecule has 0 heterocycles. The number of alkyl halides is 3. The first-order chi connectivity index (χ1) is 8.47. The first kappa shape index (κ1) is 13.2. The van der Waals surface area contributed by atoms with Crippen molar-refractivity contribution < 1.29 is 18.3 Å². The molecule has 5 heteroatoms. The Hall–Kier alpha value is -1.23. The van der Waals surface area contributed by atoms with E-state index in [1.54, 1.807) is 6.07 Å². The summed E-state index contributed by atoms with van der Waals surface area (Å²) in [6.07, 6.45) is -1.59. The van der Waals surface area contributed by atoms with E-state index in [0.717, 1.165) is 25.3 Å². The Labute approximate surface area is 104 Å². The normalized spacial score (nSPS) is 18.2. The van der Waals surface area contributed by atoms with E-state index < -0.39 is 11.7 Å². The zero-order valence-electron chi connectivity index (χ0n) is 9.93. The van der Waals surface area contributed by atoms with Crippen molar-refractivity contribution in [3.63, 3.8) is 0 Å². The van der Waals surface area contributed by atoms with E-state index in [4.69, 9.17) is 0 Å². The standard InChI is InChI=1S/C13H16F3NO/c14-13(15,16)10-4-1-2-5-11(10)17-8-12(9-18)6-3-7-12/h1-2,4-5,17-18H,3,6-9H2. The van der Waals surface area contributed by atoms with E-state index in [2.05, 4.69) is 5.32 Å². The highest BCUT2D eigenvalue weighted by molar-refractivity contribution is 5.52. The van der Waals surface area contributed by atoms with Gasteiger partial charge in [0.05, 0.1) is 12.2 Å². The van der Waals surface area contributed by atoms with Crippen LogP contribution in [-0.2, 0) is 6.18 Å². The molecule has 0 bridgehead atoms. The van der Waals surface area contributed by atoms with E-state index in [0.29, 0.717) is 6.54 Å². The molecule has 0 saturated heterocycles. The minimum atomic E-state index is -4.35. The van der Waals surface area contributed by atoms with Crippen LogP contribution in [0, 0.1) is 5.41 Å². The highest BCUT2D eigenvalue weighted by Crippen LogP contribution is 2.41. The van der Waals surface area contributed by atoms with Gasteiger partial charge in [0.2, 0.25) is 0 Å².